The molecule has 4 rings (SSSR count). The second kappa shape index (κ2) is 7.19. The predicted molar refractivity (Wildman–Crippen MR) is 91.1 cm³/mol. The maximum Gasteiger partial charge on any atom is 0.256 e. The molecular formula is C19H21N3O3. The average Bonchev–Trinajstić information content (AvgIpc) is 2.68. The summed E-state index contributed by atoms with van der Waals surface area (Å²) in [6.45, 7) is 1.87. The number of hydrogen-bond donors (Lipinski definition) is 0. The number of carbonyl (C=O) groups is 1. The summed E-state index contributed by atoms with van der Waals surface area (Å²) in [5.41, 5.74) is 2.20. The topological polar surface area (TPSA) is 64.5 Å². The summed E-state index contributed by atoms with van der Waals surface area (Å²) in [5.74, 6) is 0.528. The normalized spacial score (nSPS) is 23.0. The van der Waals surface area contributed by atoms with Crippen LogP contribution in [0.25, 0.3) is 0 Å². The smallest absolute Gasteiger partial charge is 0.256 e. The summed E-state index contributed by atoms with van der Waals surface area (Å²) in [7, 11) is 0. The Morgan fingerprint density at radius 3 is 3.08 bits per heavy atom. The molecule has 0 aliphatic carbocycles. The molecule has 1 aromatic carbocycles. The second-order valence-corrected chi connectivity index (χ2v) is 6.41. The third kappa shape index (κ3) is 3.49. The Labute approximate surface area is 146 Å². The van der Waals surface area contributed by atoms with Crippen molar-refractivity contribution in [2.24, 2.45) is 0 Å². The molecule has 2 aromatic rings. The van der Waals surface area contributed by atoms with Gasteiger partial charge in [0.15, 0.2) is 6.10 Å². The Bertz CT molecular complexity index is 738. The van der Waals surface area contributed by atoms with Crippen LogP contribution in [0.4, 0.5) is 0 Å². The predicted octanol–water partition coefficient (Wildman–Crippen LogP) is 2.16. The third-order valence-corrected chi connectivity index (χ3v) is 4.73. The lowest BCUT2D eigenvalue weighted by Gasteiger charge is -2.36. The lowest BCUT2D eigenvalue weighted by atomic mass is 9.96. The van der Waals surface area contributed by atoms with E-state index in [9.17, 15) is 4.79 Å². The van der Waals surface area contributed by atoms with Gasteiger partial charge in [0.2, 0.25) is 5.88 Å². The quantitative estimate of drug-likeness (QED) is 0.857. The van der Waals surface area contributed by atoms with Gasteiger partial charge in [-0.05, 0) is 30.4 Å². The molecule has 0 radical (unpaired) electrons. The van der Waals surface area contributed by atoms with Gasteiger partial charge in [0.25, 0.3) is 5.91 Å². The number of ether oxygens (including phenoxy) is 2. The fraction of sp³-hybridized carbons (Fsp3) is 0.421. The number of piperidine rings is 1. The van der Waals surface area contributed by atoms with Gasteiger partial charge in [-0.3, -0.25) is 9.78 Å². The molecule has 2 aliphatic heterocycles. The largest absolute Gasteiger partial charge is 0.471 e. The monoisotopic (exact) mass is 339 g/mol. The number of benzene rings is 1. The molecule has 1 aromatic heterocycles. The first-order valence-electron chi connectivity index (χ1n) is 8.72. The highest BCUT2D eigenvalue weighted by Gasteiger charge is 2.33. The van der Waals surface area contributed by atoms with E-state index in [-0.39, 0.29) is 12.0 Å². The van der Waals surface area contributed by atoms with Gasteiger partial charge in [0, 0.05) is 18.9 Å². The number of amides is 1. The average molecular weight is 339 g/mol. The van der Waals surface area contributed by atoms with Crippen LogP contribution in [0.15, 0.2) is 42.9 Å². The number of fused-ring (bicyclic) bond motifs is 1. The van der Waals surface area contributed by atoms with Crippen molar-refractivity contribution in [1.82, 2.24) is 14.9 Å². The molecule has 1 amide bonds. The summed E-state index contributed by atoms with van der Waals surface area (Å²) in [5, 5.41) is 0. The Balaban J connectivity index is 1.46. The first kappa shape index (κ1) is 16.0. The zero-order valence-corrected chi connectivity index (χ0v) is 14.0. The van der Waals surface area contributed by atoms with Crippen LogP contribution >= 0.6 is 0 Å². The van der Waals surface area contributed by atoms with Crippen LogP contribution in [0.3, 0.4) is 0 Å². The van der Waals surface area contributed by atoms with Crippen LogP contribution in [-0.4, -0.2) is 46.6 Å². The van der Waals surface area contributed by atoms with Crippen molar-refractivity contribution in [3.05, 3.63) is 54.0 Å². The summed E-state index contributed by atoms with van der Waals surface area (Å²) < 4.78 is 11.7. The molecule has 1 saturated heterocycles. The maximum absolute atomic E-state index is 13.0. The van der Waals surface area contributed by atoms with Crippen LogP contribution in [0.1, 0.15) is 30.1 Å². The molecule has 0 spiro atoms. The fourth-order valence-corrected chi connectivity index (χ4v) is 3.52. The standard InChI is InChI=1S/C19H21N3O3/c23-19(18-16-6-2-1-4-14(16)7-11-24-18)22-10-3-5-15(13-22)25-17-12-20-8-9-21-17/h1-2,4,6,8-9,12,15,18H,3,5,7,10-11,13H2/t15-,18-/m0/s1. The molecule has 6 heteroatoms. The molecule has 0 unspecified atom stereocenters. The van der Waals surface area contributed by atoms with Gasteiger partial charge < -0.3 is 14.4 Å². The van der Waals surface area contributed by atoms with Gasteiger partial charge in [-0.1, -0.05) is 24.3 Å². The molecule has 2 atom stereocenters. The molecule has 1 fully saturated rings. The minimum atomic E-state index is -0.500. The van der Waals surface area contributed by atoms with Crippen LogP contribution in [0.2, 0.25) is 0 Å². The minimum absolute atomic E-state index is 0.0274. The number of nitrogens with zero attached hydrogens (tertiary/aromatic N) is 3. The van der Waals surface area contributed by atoms with E-state index in [4.69, 9.17) is 9.47 Å². The highest BCUT2D eigenvalue weighted by Crippen LogP contribution is 2.29. The molecule has 0 N–H and O–H groups in total. The van der Waals surface area contributed by atoms with Crippen molar-refractivity contribution >= 4 is 5.91 Å². The van der Waals surface area contributed by atoms with Crippen LogP contribution in [-0.2, 0) is 16.0 Å². The highest BCUT2D eigenvalue weighted by atomic mass is 16.5. The zero-order valence-electron chi connectivity index (χ0n) is 14.0. The SMILES string of the molecule is O=C([C@H]1OCCc2ccccc21)N1CCC[C@H](Oc2cnccn2)C1. The van der Waals surface area contributed by atoms with E-state index in [0.717, 1.165) is 31.4 Å². The summed E-state index contributed by atoms with van der Waals surface area (Å²) in [4.78, 5) is 23.1. The molecule has 0 bridgehead atoms. The molecule has 2 aliphatic rings. The van der Waals surface area contributed by atoms with E-state index < -0.39 is 6.10 Å². The molecule has 130 valence electrons. The molecule has 6 nitrogen and oxygen atoms in total. The molecule has 0 saturated carbocycles. The Morgan fingerprint density at radius 1 is 1.28 bits per heavy atom. The fourth-order valence-electron chi connectivity index (χ4n) is 3.52. The van der Waals surface area contributed by atoms with E-state index in [1.54, 1.807) is 18.6 Å². The first-order chi connectivity index (χ1) is 12.3. The molecule has 25 heavy (non-hydrogen) atoms. The third-order valence-electron chi connectivity index (χ3n) is 4.73. The Hall–Kier alpha value is -2.47. The minimum Gasteiger partial charge on any atom is -0.471 e. The zero-order chi connectivity index (χ0) is 17.1. The number of carbonyl (C=O) groups excluding carboxylic acids is 1. The Morgan fingerprint density at radius 2 is 2.20 bits per heavy atom. The van der Waals surface area contributed by atoms with Gasteiger partial charge >= 0.3 is 0 Å². The van der Waals surface area contributed by atoms with E-state index in [1.807, 2.05) is 23.1 Å². The van der Waals surface area contributed by atoms with Crippen molar-refractivity contribution in [3.63, 3.8) is 0 Å². The maximum atomic E-state index is 13.0. The number of likely N-dealkylation sites (tertiary alicyclic amines) is 1. The number of rotatable bonds is 3. The lowest BCUT2D eigenvalue weighted by molar-refractivity contribution is -0.147. The Kier molecular flexibility index (Phi) is 4.61. The molecule has 3 heterocycles. The van der Waals surface area contributed by atoms with Gasteiger partial charge in [0.1, 0.15) is 6.10 Å². The van der Waals surface area contributed by atoms with E-state index in [1.165, 1.54) is 5.56 Å². The van der Waals surface area contributed by atoms with Gasteiger partial charge in [0.05, 0.1) is 19.3 Å². The highest BCUT2D eigenvalue weighted by molar-refractivity contribution is 5.83. The van der Waals surface area contributed by atoms with Crippen molar-refractivity contribution in [3.8, 4) is 5.88 Å². The van der Waals surface area contributed by atoms with Crippen molar-refractivity contribution in [2.45, 2.75) is 31.5 Å². The van der Waals surface area contributed by atoms with Gasteiger partial charge in [-0.15, -0.1) is 0 Å². The van der Waals surface area contributed by atoms with Gasteiger partial charge in [-0.25, -0.2) is 4.98 Å². The summed E-state index contributed by atoms with van der Waals surface area (Å²) in [6, 6.07) is 8.05. The summed E-state index contributed by atoms with van der Waals surface area (Å²) >= 11 is 0. The van der Waals surface area contributed by atoms with E-state index in [2.05, 4.69) is 16.0 Å². The van der Waals surface area contributed by atoms with Crippen LogP contribution < -0.4 is 4.74 Å². The number of aromatic nitrogens is 2. The van der Waals surface area contributed by atoms with E-state index >= 15 is 0 Å². The lowest BCUT2D eigenvalue weighted by Crippen LogP contribution is -2.47. The van der Waals surface area contributed by atoms with Crippen molar-refractivity contribution in [1.29, 1.82) is 0 Å². The van der Waals surface area contributed by atoms with Crippen LogP contribution in [0.5, 0.6) is 5.88 Å². The first-order valence-corrected chi connectivity index (χ1v) is 8.72. The van der Waals surface area contributed by atoms with E-state index in [0.29, 0.717) is 19.0 Å². The molecular weight excluding hydrogens is 318 g/mol. The van der Waals surface area contributed by atoms with Crippen molar-refractivity contribution < 1.29 is 14.3 Å². The number of hydrogen-bond acceptors (Lipinski definition) is 5. The van der Waals surface area contributed by atoms with Gasteiger partial charge in [-0.2, -0.15) is 0 Å². The summed E-state index contributed by atoms with van der Waals surface area (Å²) in [6.07, 6.45) is 6.93. The van der Waals surface area contributed by atoms with Crippen molar-refractivity contribution in [2.75, 3.05) is 19.7 Å². The van der Waals surface area contributed by atoms with Crippen LogP contribution in [0, 0.1) is 0 Å². The second-order valence-electron chi connectivity index (χ2n) is 6.41.